The molecule has 28 heavy (non-hydrogen) atoms. The van der Waals surface area contributed by atoms with E-state index < -0.39 is 29.9 Å². The van der Waals surface area contributed by atoms with E-state index in [1.54, 1.807) is 0 Å². The van der Waals surface area contributed by atoms with Crippen molar-refractivity contribution in [3.63, 3.8) is 0 Å². The molecule has 2 aliphatic rings. The molecule has 150 valence electrons. The maximum atomic E-state index is 13.7. The Balaban J connectivity index is 1.51. The van der Waals surface area contributed by atoms with Crippen molar-refractivity contribution in [3.05, 3.63) is 33.7 Å². The fourth-order valence-electron chi connectivity index (χ4n) is 3.86. The molecule has 0 unspecified atom stereocenters. The number of carbonyl (C=O) groups is 2. The largest absolute Gasteiger partial charge is 0.349 e. The normalized spacial score (nSPS) is 25.1. The van der Waals surface area contributed by atoms with E-state index in [-0.39, 0.29) is 46.7 Å². The van der Waals surface area contributed by atoms with Gasteiger partial charge < -0.3 is 20.5 Å². The van der Waals surface area contributed by atoms with Gasteiger partial charge in [0, 0.05) is 30.5 Å². The maximum Gasteiger partial charge on any atom is 0.271 e. The summed E-state index contributed by atoms with van der Waals surface area (Å²) in [6, 6.07) is 1.98. The van der Waals surface area contributed by atoms with Crippen molar-refractivity contribution < 1.29 is 18.4 Å². The number of nitrogens with one attached hydrogen (secondary N) is 1. The van der Waals surface area contributed by atoms with Crippen LogP contribution < -0.4 is 5.73 Å². The summed E-state index contributed by atoms with van der Waals surface area (Å²) in [7, 11) is 0. The summed E-state index contributed by atoms with van der Waals surface area (Å²) < 4.78 is 27.3. The molecule has 0 bridgehead atoms. The van der Waals surface area contributed by atoms with Crippen molar-refractivity contribution in [1.29, 1.82) is 0 Å². The van der Waals surface area contributed by atoms with E-state index >= 15 is 0 Å². The molecule has 1 aromatic carbocycles. The van der Waals surface area contributed by atoms with E-state index in [2.05, 4.69) is 4.98 Å². The minimum absolute atomic E-state index is 0.0116. The molecule has 2 aromatic rings. The summed E-state index contributed by atoms with van der Waals surface area (Å²) >= 11 is 12.3. The number of amides is 2. The molecule has 0 radical (unpaired) electrons. The van der Waals surface area contributed by atoms with Gasteiger partial charge in [0.15, 0.2) is 0 Å². The molecule has 2 amide bonds. The Labute approximate surface area is 169 Å². The molecule has 0 saturated carbocycles. The van der Waals surface area contributed by atoms with E-state index in [0.717, 1.165) is 0 Å². The Morgan fingerprint density at radius 3 is 2.57 bits per heavy atom. The van der Waals surface area contributed by atoms with Gasteiger partial charge in [-0.25, -0.2) is 8.78 Å². The molecule has 10 heteroatoms. The molecule has 1 aromatic heterocycles. The predicted molar refractivity (Wildman–Crippen MR) is 102 cm³/mol. The molecule has 0 aliphatic carbocycles. The number of H-pyrrole nitrogens is 1. The first-order valence-corrected chi connectivity index (χ1v) is 9.66. The maximum absolute atomic E-state index is 13.7. The number of hydrogen-bond acceptors (Lipinski definition) is 3. The van der Waals surface area contributed by atoms with Crippen LogP contribution in [0, 0.1) is 11.7 Å². The second kappa shape index (κ2) is 7.17. The van der Waals surface area contributed by atoms with Crippen LogP contribution in [-0.4, -0.2) is 65.0 Å². The van der Waals surface area contributed by atoms with Gasteiger partial charge in [-0.3, -0.25) is 9.59 Å². The van der Waals surface area contributed by atoms with Gasteiger partial charge in [-0.2, -0.15) is 0 Å². The monoisotopic (exact) mass is 430 g/mol. The Hall–Kier alpha value is -1.90. The van der Waals surface area contributed by atoms with Gasteiger partial charge in [0.2, 0.25) is 5.91 Å². The van der Waals surface area contributed by atoms with Crippen LogP contribution in [0.4, 0.5) is 8.78 Å². The van der Waals surface area contributed by atoms with E-state index in [9.17, 15) is 18.4 Å². The van der Waals surface area contributed by atoms with Crippen LogP contribution in [-0.2, 0) is 4.79 Å². The number of hydrogen-bond donors (Lipinski definition) is 2. The number of nitrogens with zero attached hydrogens (tertiary/aromatic N) is 2. The molecule has 3 heterocycles. The zero-order chi connectivity index (χ0) is 20.2. The lowest BCUT2D eigenvalue weighted by Gasteiger charge is -2.20. The first kappa shape index (κ1) is 19.4. The molecule has 4 rings (SSSR count). The number of nitrogens with two attached hydrogens (primary N) is 1. The third-order valence-corrected chi connectivity index (χ3v) is 6.18. The molecule has 6 nitrogen and oxygen atoms in total. The summed E-state index contributed by atoms with van der Waals surface area (Å²) in [5, 5.41) is 0.141. The lowest BCUT2D eigenvalue weighted by molar-refractivity contribution is -0.134. The Morgan fingerprint density at radius 1 is 1.14 bits per heavy atom. The van der Waals surface area contributed by atoms with Crippen LogP contribution in [0.15, 0.2) is 12.1 Å². The zero-order valence-corrected chi connectivity index (χ0v) is 16.2. The van der Waals surface area contributed by atoms with Gasteiger partial charge >= 0.3 is 0 Å². The summed E-state index contributed by atoms with van der Waals surface area (Å²) in [5.74, 6) is -1.63. The number of fused-ring (bicyclic) bond motifs is 1. The average Bonchev–Trinajstić information content (AvgIpc) is 3.36. The lowest BCUT2D eigenvalue weighted by atomic mass is 10.1. The number of likely N-dealkylation sites (tertiary alicyclic amines) is 2. The van der Waals surface area contributed by atoms with Gasteiger partial charge in [0.1, 0.15) is 17.7 Å². The Bertz CT molecular complexity index is 957. The number of aromatic amines is 1. The van der Waals surface area contributed by atoms with Gasteiger partial charge in [0.05, 0.1) is 28.5 Å². The highest BCUT2D eigenvalue weighted by Gasteiger charge is 2.39. The van der Waals surface area contributed by atoms with Crippen molar-refractivity contribution >= 4 is 45.9 Å². The van der Waals surface area contributed by atoms with E-state index in [4.69, 9.17) is 28.9 Å². The van der Waals surface area contributed by atoms with Crippen LogP contribution in [0.5, 0.6) is 0 Å². The highest BCUT2D eigenvalue weighted by molar-refractivity contribution is 6.44. The molecule has 2 fully saturated rings. The highest BCUT2D eigenvalue weighted by atomic mass is 35.5. The lowest BCUT2D eigenvalue weighted by Crippen LogP contribution is -2.38. The Morgan fingerprint density at radius 2 is 1.89 bits per heavy atom. The minimum Gasteiger partial charge on any atom is -0.349 e. The topological polar surface area (TPSA) is 82.4 Å². The van der Waals surface area contributed by atoms with Gasteiger partial charge in [-0.15, -0.1) is 0 Å². The van der Waals surface area contributed by atoms with E-state index in [1.165, 1.54) is 21.9 Å². The fourth-order valence-corrected chi connectivity index (χ4v) is 4.50. The first-order valence-electron chi connectivity index (χ1n) is 8.90. The molecular formula is C18H18Cl2F2N4O2. The number of rotatable bonds is 2. The first-order chi connectivity index (χ1) is 13.3. The smallest absolute Gasteiger partial charge is 0.271 e. The molecule has 3 atom stereocenters. The third-order valence-electron chi connectivity index (χ3n) is 5.43. The molecule has 3 N–H and O–H groups in total. The van der Waals surface area contributed by atoms with Crippen LogP contribution in [0.1, 0.15) is 16.9 Å². The summed E-state index contributed by atoms with van der Waals surface area (Å²) in [6.45, 7) is 0.737. The second-order valence-corrected chi connectivity index (χ2v) is 8.01. The number of carbonyl (C=O) groups excluding carboxylic acids is 2. The summed E-state index contributed by atoms with van der Waals surface area (Å²) in [5.41, 5.74) is 6.20. The molecule has 2 saturated heterocycles. The van der Waals surface area contributed by atoms with Crippen molar-refractivity contribution in [2.24, 2.45) is 11.7 Å². The zero-order valence-electron chi connectivity index (χ0n) is 14.7. The van der Waals surface area contributed by atoms with Gasteiger partial charge in [-0.1, -0.05) is 23.2 Å². The van der Waals surface area contributed by atoms with Crippen LogP contribution in [0.2, 0.25) is 10.0 Å². The number of aromatic nitrogens is 1. The third kappa shape index (κ3) is 3.13. The number of halogens is 4. The standard InChI is InChI=1S/C18H18Cl2F2N4O2/c19-14-9(21)1-2-12-13(14)15(20)16(24-12)18(28)25-4-3-8(5-25)17(27)26-6-10(22)11(23)7-26/h1-2,8,10-11,24H,3-7,23H2/t8-,10-,11+/m1/s1. The van der Waals surface area contributed by atoms with Crippen LogP contribution >= 0.6 is 23.2 Å². The fraction of sp³-hybridized carbons (Fsp3) is 0.444. The average molecular weight is 431 g/mol. The Kier molecular flexibility index (Phi) is 4.97. The van der Waals surface area contributed by atoms with Gasteiger partial charge in [-0.05, 0) is 18.6 Å². The van der Waals surface area contributed by atoms with Crippen molar-refractivity contribution in [2.45, 2.75) is 18.6 Å². The number of alkyl halides is 1. The SMILES string of the molecule is N[C@H]1CN(C(=O)[C@@H]2CCN(C(=O)c3[nH]c4ccc(F)c(Cl)c4c3Cl)C2)C[C@H]1F. The number of benzene rings is 1. The van der Waals surface area contributed by atoms with E-state index in [1.807, 2.05) is 0 Å². The van der Waals surface area contributed by atoms with Crippen molar-refractivity contribution in [3.8, 4) is 0 Å². The van der Waals surface area contributed by atoms with Crippen LogP contribution in [0.3, 0.4) is 0 Å². The quantitative estimate of drug-likeness (QED) is 0.767. The van der Waals surface area contributed by atoms with Crippen molar-refractivity contribution in [1.82, 2.24) is 14.8 Å². The minimum atomic E-state index is -1.22. The predicted octanol–water partition coefficient (Wildman–Crippen LogP) is 2.58. The molecular weight excluding hydrogens is 413 g/mol. The van der Waals surface area contributed by atoms with E-state index in [0.29, 0.717) is 18.5 Å². The summed E-state index contributed by atoms with van der Waals surface area (Å²) in [6.07, 6.45) is -0.751. The van der Waals surface area contributed by atoms with Crippen LogP contribution in [0.25, 0.3) is 10.9 Å². The van der Waals surface area contributed by atoms with Crippen molar-refractivity contribution in [2.75, 3.05) is 26.2 Å². The molecule has 2 aliphatic heterocycles. The highest BCUT2D eigenvalue weighted by Crippen LogP contribution is 2.36. The summed E-state index contributed by atoms with van der Waals surface area (Å²) in [4.78, 5) is 31.3. The molecule has 0 spiro atoms. The second-order valence-electron chi connectivity index (χ2n) is 7.26. The van der Waals surface area contributed by atoms with Gasteiger partial charge in [0.25, 0.3) is 5.91 Å².